The number of hydrogen-bond acceptors (Lipinski definition) is 8. The number of carbonyl (C=O) groups excluding carboxylic acids is 2. The zero-order valence-electron chi connectivity index (χ0n) is 20.0. The van der Waals surface area contributed by atoms with Crippen molar-refractivity contribution in [1.29, 1.82) is 0 Å². The molecule has 13 heteroatoms. The number of anilines is 2. The third-order valence-electron chi connectivity index (χ3n) is 6.65. The monoisotopic (exact) mass is 568 g/mol. The highest BCUT2D eigenvalue weighted by molar-refractivity contribution is 9.10. The van der Waals surface area contributed by atoms with Gasteiger partial charge in [-0.3, -0.25) is 29.8 Å². The van der Waals surface area contributed by atoms with Crippen LogP contribution in [0.4, 0.5) is 17.1 Å². The van der Waals surface area contributed by atoms with Gasteiger partial charge in [-0.05, 0) is 25.0 Å². The largest absolute Gasteiger partial charge is 0.387 e. The van der Waals surface area contributed by atoms with Crippen molar-refractivity contribution in [2.75, 3.05) is 30.8 Å². The van der Waals surface area contributed by atoms with Crippen molar-refractivity contribution in [1.82, 2.24) is 25.0 Å². The van der Waals surface area contributed by atoms with Gasteiger partial charge in [0.15, 0.2) is 0 Å². The van der Waals surface area contributed by atoms with E-state index in [-0.39, 0.29) is 34.8 Å². The summed E-state index contributed by atoms with van der Waals surface area (Å²) in [5.74, 6) is -0.486. The molecule has 3 aromatic rings. The van der Waals surface area contributed by atoms with Crippen LogP contribution in [0.3, 0.4) is 0 Å². The number of piperidine rings is 1. The Hall–Kier alpha value is -4.00. The number of nitro benzene ring substituents is 1. The average Bonchev–Trinajstić information content (AvgIpc) is 3.51. The summed E-state index contributed by atoms with van der Waals surface area (Å²) < 4.78 is 0.435. The Labute approximate surface area is 220 Å². The van der Waals surface area contributed by atoms with Crippen LogP contribution >= 0.6 is 15.9 Å². The summed E-state index contributed by atoms with van der Waals surface area (Å²) in [7, 11) is 1.76. The van der Waals surface area contributed by atoms with Gasteiger partial charge >= 0.3 is 0 Å². The predicted octanol–water partition coefficient (Wildman–Crippen LogP) is 3.39. The fourth-order valence-electron chi connectivity index (χ4n) is 4.79. The number of fused-ring (bicyclic) bond motifs is 1. The Bertz CT molecular complexity index is 1360. The summed E-state index contributed by atoms with van der Waals surface area (Å²) in [6, 6.07) is 4.45. The summed E-state index contributed by atoms with van der Waals surface area (Å²) in [5, 5.41) is 25.1. The predicted molar refractivity (Wildman–Crippen MR) is 139 cm³/mol. The lowest BCUT2D eigenvalue weighted by Crippen LogP contribution is -2.45. The van der Waals surface area contributed by atoms with E-state index in [0.717, 1.165) is 16.9 Å². The molecule has 0 aliphatic carbocycles. The molecule has 1 saturated heterocycles. The van der Waals surface area contributed by atoms with Crippen molar-refractivity contribution in [2.45, 2.75) is 32.0 Å². The van der Waals surface area contributed by atoms with E-state index in [1.165, 1.54) is 12.3 Å². The van der Waals surface area contributed by atoms with Gasteiger partial charge in [0.2, 0.25) is 0 Å². The first-order valence-electron chi connectivity index (χ1n) is 11.8. The van der Waals surface area contributed by atoms with Gasteiger partial charge in [-0.25, -0.2) is 0 Å². The van der Waals surface area contributed by atoms with Crippen molar-refractivity contribution in [3.05, 3.63) is 73.8 Å². The number of nitrogens with zero attached hydrogens (tertiary/aromatic N) is 5. The SMILES string of the molecule is CNc1cncc(C(=O)N2CCC[C@@H](Nc3c(C(=O)N4Cc5cn[nH]c5C4)cc(Br)cc3[N+](=O)[O-])C2)c1. The van der Waals surface area contributed by atoms with E-state index < -0.39 is 4.92 Å². The van der Waals surface area contributed by atoms with E-state index in [4.69, 9.17) is 0 Å². The maximum Gasteiger partial charge on any atom is 0.294 e. The first-order chi connectivity index (χ1) is 17.8. The number of aromatic nitrogens is 3. The Morgan fingerprint density at radius 2 is 2.00 bits per heavy atom. The normalized spacial score (nSPS) is 16.9. The van der Waals surface area contributed by atoms with Crippen LogP contribution in [-0.4, -0.2) is 67.9 Å². The maximum atomic E-state index is 13.6. The molecule has 1 atom stereocenters. The van der Waals surface area contributed by atoms with Crippen molar-refractivity contribution >= 4 is 44.8 Å². The van der Waals surface area contributed by atoms with E-state index in [9.17, 15) is 19.7 Å². The molecule has 37 heavy (non-hydrogen) atoms. The Kier molecular flexibility index (Phi) is 6.78. The molecule has 2 aromatic heterocycles. The third-order valence-corrected chi connectivity index (χ3v) is 7.10. The van der Waals surface area contributed by atoms with Gasteiger partial charge in [0.1, 0.15) is 5.69 Å². The minimum Gasteiger partial charge on any atom is -0.387 e. The summed E-state index contributed by atoms with van der Waals surface area (Å²) in [6.07, 6.45) is 6.25. The zero-order chi connectivity index (χ0) is 26.1. The second-order valence-electron chi connectivity index (χ2n) is 9.09. The van der Waals surface area contributed by atoms with Crippen molar-refractivity contribution in [3.63, 3.8) is 0 Å². The second-order valence-corrected chi connectivity index (χ2v) is 10.0. The van der Waals surface area contributed by atoms with E-state index >= 15 is 0 Å². The number of aromatic amines is 1. The molecule has 5 rings (SSSR count). The fourth-order valence-corrected chi connectivity index (χ4v) is 5.24. The molecule has 0 unspecified atom stereocenters. The molecular weight excluding hydrogens is 544 g/mol. The molecule has 4 heterocycles. The van der Waals surface area contributed by atoms with Crippen LogP contribution in [-0.2, 0) is 13.1 Å². The van der Waals surface area contributed by atoms with E-state index in [0.29, 0.717) is 49.1 Å². The third kappa shape index (κ3) is 4.99. The first kappa shape index (κ1) is 24.7. The number of likely N-dealkylation sites (tertiary alicyclic amines) is 1. The average molecular weight is 569 g/mol. The molecule has 0 radical (unpaired) electrons. The topological polar surface area (TPSA) is 149 Å². The van der Waals surface area contributed by atoms with Gasteiger partial charge in [0.25, 0.3) is 17.5 Å². The maximum absolute atomic E-state index is 13.6. The van der Waals surface area contributed by atoms with Crippen LogP contribution in [0.15, 0.2) is 41.3 Å². The van der Waals surface area contributed by atoms with Crippen LogP contribution in [0.25, 0.3) is 0 Å². The lowest BCUT2D eigenvalue weighted by atomic mass is 10.0. The van der Waals surface area contributed by atoms with E-state index in [1.54, 1.807) is 41.4 Å². The summed E-state index contributed by atoms with van der Waals surface area (Å²) in [5.41, 5.74) is 3.13. The number of halogens is 1. The fraction of sp³-hybridized carbons (Fsp3) is 0.333. The van der Waals surface area contributed by atoms with Crippen LogP contribution in [0.5, 0.6) is 0 Å². The van der Waals surface area contributed by atoms with Crippen LogP contribution < -0.4 is 10.6 Å². The zero-order valence-corrected chi connectivity index (χ0v) is 21.6. The first-order valence-corrected chi connectivity index (χ1v) is 12.6. The van der Waals surface area contributed by atoms with Crippen molar-refractivity contribution in [2.24, 2.45) is 0 Å². The van der Waals surface area contributed by atoms with Gasteiger partial charge < -0.3 is 20.4 Å². The van der Waals surface area contributed by atoms with Gasteiger partial charge in [-0.1, -0.05) is 15.9 Å². The Morgan fingerprint density at radius 3 is 2.76 bits per heavy atom. The quantitative estimate of drug-likeness (QED) is 0.302. The second kappa shape index (κ2) is 10.2. The Morgan fingerprint density at radius 1 is 1.16 bits per heavy atom. The number of H-pyrrole nitrogens is 1. The molecule has 2 aliphatic heterocycles. The molecule has 2 aliphatic rings. The molecule has 2 amide bonds. The molecule has 1 fully saturated rings. The molecular formula is C24H25BrN8O4. The van der Waals surface area contributed by atoms with Crippen LogP contribution in [0, 0.1) is 10.1 Å². The molecule has 0 saturated carbocycles. The minimum atomic E-state index is -0.499. The number of benzene rings is 1. The van der Waals surface area contributed by atoms with Gasteiger partial charge in [0.05, 0.1) is 40.2 Å². The van der Waals surface area contributed by atoms with E-state index in [1.807, 2.05) is 0 Å². The molecule has 0 spiro atoms. The number of pyridine rings is 1. The van der Waals surface area contributed by atoms with Crippen molar-refractivity contribution < 1.29 is 14.5 Å². The smallest absolute Gasteiger partial charge is 0.294 e. The van der Waals surface area contributed by atoms with Crippen LogP contribution in [0.1, 0.15) is 44.8 Å². The summed E-state index contributed by atoms with van der Waals surface area (Å²) >= 11 is 3.32. The number of nitrogens with one attached hydrogen (secondary N) is 3. The molecule has 0 bridgehead atoms. The summed E-state index contributed by atoms with van der Waals surface area (Å²) in [4.78, 5) is 45.7. The van der Waals surface area contributed by atoms with Gasteiger partial charge in [0, 0.05) is 61.2 Å². The number of amides is 2. The van der Waals surface area contributed by atoms with Gasteiger partial charge in [-0.15, -0.1) is 0 Å². The highest BCUT2D eigenvalue weighted by atomic mass is 79.9. The minimum absolute atomic E-state index is 0.157. The standard InChI is InChI=1S/C24H25BrN8O4/c1-26-18-5-14(8-27-10-18)23(34)31-4-2-3-17(12-31)29-22-19(6-16(25)7-21(22)33(36)37)24(35)32-11-15-9-28-30-20(15)13-32/h5-10,17,26,29H,2-4,11-13H2,1H3,(H,28,30)/t17-/m1/s1. The van der Waals surface area contributed by atoms with Gasteiger partial charge in [-0.2, -0.15) is 5.10 Å². The molecule has 3 N–H and O–H groups in total. The number of carbonyl (C=O) groups is 2. The lowest BCUT2D eigenvalue weighted by molar-refractivity contribution is -0.384. The van der Waals surface area contributed by atoms with Crippen LogP contribution in [0.2, 0.25) is 0 Å². The highest BCUT2D eigenvalue weighted by Crippen LogP contribution is 2.36. The molecule has 12 nitrogen and oxygen atoms in total. The number of nitro groups is 1. The Balaban J connectivity index is 1.40. The lowest BCUT2D eigenvalue weighted by Gasteiger charge is -2.34. The highest BCUT2D eigenvalue weighted by Gasteiger charge is 2.33. The van der Waals surface area contributed by atoms with Crippen molar-refractivity contribution in [3.8, 4) is 0 Å². The van der Waals surface area contributed by atoms with E-state index in [2.05, 4.69) is 41.7 Å². The number of hydrogen-bond donors (Lipinski definition) is 3. The number of rotatable bonds is 6. The molecule has 192 valence electrons. The summed E-state index contributed by atoms with van der Waals surface area (Å²) in [6.45, 7) is 1.62. The molecule has 1 aromatic carbocycles.